The van der Waals surface area contributed by atoms with Gasteiger partial charge in [-0.05, 0) is 48.7 Å². The lowest BCUT2D eigenvalue weighted by molar-refractivity contribution is -0.108. The van der Waals surface area contributed by atoms with Gasteiger partial charge in [0.15, 0.2) is 0 Å². The summed E-state index contributed by atoms with van der Waals surface area (Å²) in [7, 11) is 1.68. The molecule has 32 heavy (non-hydrogen) atoms. The van der Waals surface area contributed by atoms with Crippen molar-refractivity contribution in [1.82, 2.24) is 0 Å². The molecule has 0 aliphatic carbocycles. The molecule has 5 nitrogen and oxygen atoms in total. The van der Waals surface area contributed by atoms with Crippen LogP contribution in [0.2, 0.25) is 0 Å². The van der Waals surface area contributed by atoms with Crippen molar-refractivity contribution in [2.75, 3.05) is 43.6 Å². The Bertz CT molecular complexity index is 807. The summed E-state index contributed by atoms with van der Waals surface area (Å²) in [6, 6.07) is 15.1. The molecule has 1 aliphatic rings. The second kappa shape index (κ2) is 13.9. The zero-order chi connectivity index (χ0) is 23.3. The van der Waals surface area contributed by atoms with Gasteiger partial charge in [-0.1, -0.05) is 45.4 Å². The number of methoxy groups -OCH3 is 1. The number of benzene rings is 2. The molecule has 1 heterocycles. The predicted molar refractivity (Wildman–Crippen MR) is 134 cm³/mol. The molecular weight excluding hydrogens is 400 g/mol. The van der Waals surface area contributed by atoms with Gasteiger partial charge in [-0.25, -0.2) is 0 Å². The summed E-state index contributed by atoms with van der Waals surface area (Å²) < 4.78 is 11.1. The van der Waals surface area contributed by atoms with Crippen LogP contribution in [0.3, 0.4) is 0 Å². The van der Waals surface area contributed by atoms with E-state index in [1.165, 1.54) is 5.56 Å². The zero-order valence-corrected chi connectivity index (χ0v) is 20.4. The molecule has 0 amide bonds. The monoisotopic (exact) mass is 440 g/mol. The van der Waals surface area contributed by atoms with E-state index >= 15 is 0 Å². The number of carbonyl (C=O) groups excluding carboxylic acids is 1. The fourth-order valence-electron chi connectivity index (χ4n) is 4.04. The van der Waals surface area contributed by atoms with Crippen LogP contribution in [0.15, 0.2) is 42.5 Å². The van der Waals surface area contributed by atoms with Crippen molar-refractivity contribution in [1.29, 1.82) is 0 Å². The first-order chi connectivity index (χ1) is 15.6. The molecule has 1 N–H and O–H groups in total. The second-order valence-corrected chi connectivity index (χ2v) is 8.03. The van der Waals surface area contributed by atoms with E-state index in [1.54, 1.807) is 7.11 Å². The van der Waals surface area contributed by atoms with E-state index in [2.05, 4.69) is 66.5 Å². The quantitative estimate of drug-likeness (QED) is 0.463. The van der Waals surface area contributed by atoms with E-state index in [9.17, 15) is 4.79 Å². The summed E-state index contributed by atoms with van der Waals surface area (Å²) in [6.07, 6.45) is 3.87. The first kappa shape index (κ1) is 25.9. The minimum Gasteiger partial charge on any atom is -0.384 e. The van der Waals surface area contributed by atoms with E-state index < -0.39 is 0 Å². The van der Waals surface area contributed by atoms with Crippen molar-refractivity contribution in [2.45, 2.75) is 59.0 Å². The topological polar surface area (TPSA) is 50.8 Å². The summed E-state index contributed by atoms with van der Waals surface area (Å²) in [6.45, 7) is 11.3. The molecule has 1 saturated heterocycles. The maximum Gasteiger partial charge on any atom is 0.120 e. The molecule has 0 saturated carbocycles. The van der Waals surface area contributed by atoms with E-state index in [1.807, 2.05) is 13.8 Å². The highest BCUT2D eigenvalue weighted by Crippen LogP contribution is 2.34. The summed E-state index contributed by atoms with van der Waals surface area (Å²) in [4.78, 5) is 13.6. The molecule has 1 fully saturated rings. The largest absolute Gasteiger partial charge is 0.384 e. The summed E-state index contributed by atoms with van der Waals surface area (Å²) in [5, 5.41) is 3.62. The maximum atomic E-state index is 11.2. The molecule has 2 unspecified atom stereocenters. The number of anilines is 3. The van der Waals surface area contributed by atoms with Gasteiger partial charge in [0.25, 0.3) is 0 Å². The fraction of sp³-hybridized carbons (Fsp3) is 0.519. The third-order valence-corrected chi connectivity index (χ3v) is 5.59. The Morgan fingerprint density at radius 3 is 2.59 bits per heavy atom. The number of nitrogens with one attached hydrogen (secondary N) is 1. The zero-order valence-electron chi connectivity index (χ0n) is 20.4. The van der Waals surface area contributed by atoms with Crippen LogP contribution >= 0.6 is 0 Å². The minimum atomic E-state index is 0.0534. The standard InChI is InChI=1S/C25H34N2O3.C2H6/c1-4-5-20-6-9-23(10-7-20)26-24-16-21(22(12-14-28)18-29-3)8-11-25(24)27-13-15-30-19(2)17-27;1-2/h6-11,14,16,19,22,26H,4-5,12-13,15,17-18H2,1-3H3;1-2H3. The van der Waals surface area contributed by atoms with Gasteiger partial charge < -0.3 is 24.5 Å². The van der Waals surface area contributed by atoms with Crippen LogP contribution in [0.1, 0.15) is 57.6 Å². The number of aryl methyl sites for hydroxylation is 1. The molecule has 2 aromatic rings. The fourth-order valence-corrected chi connectivity index (χ4v) is 4.04. The van der Waals surface area contributed by atoms with Crippen LogP contribution in [0.4, 0.5) is 17.1 Å². The lowest BCUT2D eigenvalue weighted by Gasteiger charge is -2.34. The molecule has 1 aliphatic heterocycles. The molecule has 0 aromatic heterocycles. The molecule has 0 bridgehead atoms. The van der Waals surface area contributed by atoms with Crippen molar-refractivity contribution in [2.24, 2.45) is 0 Å². The highest BCUT2D eigenvalue weighted by atomic mass is 16.5. The van der Waals surface area contributed by atoms with Gasteiger partial charge in [-0.3, -0.25) is 0 Å². The van der Waals surface area contributed by atoms with Crippen LogP contribution in [-0.2, 0) is 20.7 Å². The van der Waals surface area contributed by atoms with Crippen LogP contribution in [0.25, 0.3) is 0 Å². The van der Waals surface area contributed by atoms with Crippen LogP contribution in [-0.4, -0.2) is 45.8 Å². The van der Waals surface area contributed by atoms with Gasteiger partial charge in [0, 0.05) is 38.2 Å². The molecule has 0 radical (unpaired) electrons. The number of morpholine rings is 1. The van der Waals surface area contributed by atoms with Crippen LogP contribution < -0.4 is 10.2 Å². The third-order valence-electron chi connectivity index (χ3n) is 5.59. The highest BCUT2D eigenvalue weighted by Gasteiger charge is 2.21. The van der Waals surface area contributed by atoms with E-state index in [4.69, 9.17) is 9.47 Å². The number of aldehydes is 1. The molecule has 2 aromatic carbocycles. The summed E-state index contributed by atoms with van der Waals surface area (Å²) >= 11 is 0. The van der Waals surface area contributed by atoms with Gasteiger partial charge in [0.05, 0.1) is 30.7 Å². The number of hydrogen-bond acceptors (Lipinski definition) is 5. The molecule has 5 heteroatoms. The lowest BCUT2D eigenvalue weighted by atomic mass is 9.95. The molecular formula is C27H40N2O3. The van der Waals surface area contributed by atoms with Gasteiger partial charge >= 0.3 is 0 Å². The molecule has 3 rings (SSSR count). The smallest absolute Gasteiger partial charge is 0.120 e. The Labute approximate surface area is 194 Å². The van der Waals surface area contributed by atoms with Gasteiger partial charge in [0.2, 0.25) is 0 Å². The third kappa shape index (κ3) is 7.35. The number of ether oxygens (including phenoxy) is 2. The van der Waals surface area contributed by atoms with Crippen LogP contribution in [0.5, 0.6) is 0 Å². The summed E-state index contributed by atoms with van der Waals surface area (Å²) in [5.41, 5.74) is 5.74. The normalized spacial score (nSPS) is 16.7. The van der Waals surface area contributed by atoms with E-state index in [-0.39, 0.29) is 12.0 Å². The highest BCUT2D eigenvalue weighted by molar-refractivity contribution is 5.76. The molecule has 0 spiro atoms. The Kier molecular flexibility index (Phi) is 11.3. The van der Waals surface area contributed by atoms with Crippen LogP contribution in [0, 0.1) is 0 Å². The van der Waals surface area contributed by atoms with Gasteiger partial charge in [-0.15, -0.1) is 0 Å². The number of carbonyl (C=O) groups is 1. The van der Waals surface area contributed by atoms with Crippen molar-refractivity contribution in [3.05, 3.63) is 53.6 Å². The summed E-state index contributed by atoms with van der Waals surface area (Å²) in [5.74, 6) is 0.0534. The number of nitrogens with zero attached hydrogens (tertiary/aromatic N) is 1. The average Bonchev–Trinajstić information content (AvgIpc) is 2.82. The average molecular weight is 441 g/mol. The Morgan fingerprint density at radius 1 is 1.22 bits per heavy atom. The van der Waals surface area contributed by atoms with E-state index in [0.29, 0.717) is 13.0 Å². The Balaban J connectivity index is 0.00000176. The van der Waals surface area contributed by atoms with Crippen molar-refractivity contribution >= 4 is 23.3 Å². The first-order valence-electron chi connectivity index (χ1n) is 11.9. The van der Waals surface area contributed by atoms with Crippen molar-refractivity contribution in [3.63, 3.8) is 0 Å². The Morgan fingerprint density at radius 2 is 1.97 bits per heavy atom. The van der Waals surface area contributed by atoms with Crippen molar-refractivity contribution in [3.8, 4) is 0 Å². The minimum absolute atomic E-state index is 0.0534. The second-order valence-electron chi connectivity index (χ2n) is 8.03. The Hall–Kier alpha value is -2.37. The predicted octanol–water partition coefficient (Wildman–Crippen LogP) is 5.95. The van der Waals surface area contributed by atoms with E-state index in [0.717, 1.165) is 61.4 Å². The van der Waals surface area contributed by atoms with Gasteiger partial charge in [0.1, 0.15) is 6.29 Å². The first-order valence-corrected chi connectivity index (χ1v) is 11.9. The molecule has 2 atom stereocenters. The van der Waals surface area contributed by atoms with Crippen molar-refractivity contribution < 1.29 is 14.3 Å². The number of rotatable bonds is 10. The SMILES string of the molecule is CC.CCCc1ccc(Nc2cc(C(CC=O)COC)ccc2N2CCOC(C)C2)cc1. The maximum absolute atomic E-state index is 11.2. The van der Waals surface area contributed by atoms with Gasteiger partial charge in [-0.2, -0.15) is 0 Å². The number of hydrogen-bond donors (Lipinski definition) is 1. The molecule has 176 valence electrons. The lowest BCUT2D eigenvalue weighted by Crippen LogP contribution is -2.41.